The average molecular weight is 337 g/mol. The lowest BCUT2D eigenvalue weighted by Crippen LogP contribution is -2.37. The Kier molecular flexibility index (Phi) is 7.00. The lowest BCUT2D eigenvalue weighted by atomic mass is 10.2. The number of alkyl halides is 2. The number of aromatic nitrogens is 2. The number of aliphatic imine (C=N–C) groups is 1. The van der Waals surface area contributed by atoms with Crippen molar-refractivity contribution in [3.8, 4) is 5.75 Å². The first-order valence-electron chi connectivity index (χ1n) is 7.63. The van der Waals surface area contributed by atoms with Gasteiger partial charge in [-0.15, -0.1) is 0 Å². The molecule has 0 aliphatic rings. The second-order valence-electron chi connectivity index (χ2n) is 4.96. The van der Waals surface area contributed by atoms with Gasteiger partial charge in [-0.1, -0.05) is 18.2 Å². The SMILES string of the molecule is CN=C(NCCCn1cccn1)NCc1ccccc1OC(F)F. The van der Waals surface area contributed by atoms with Crippen LogP contribution in [0.4, 0.5) is 8.78 Å². The van der Waals surface area contributed by atoms with Crippen molar-refractivity contribution < 1.29 is 13.5 Å². The maximum absolute atomic E-state index is 12.4. The molecule has 0 saturated heterocycles. The number of nitrogens with zero attached hydrogens (tertiary/aromatic N) is 3. The van der Waals surface area contributed by atoms with Crippen LogP contribution in [0.1, 0.15) is 12.0 Å². The van der Waals surface area contributed by atoms with E-state index >= 15 is 0 Å². The number of aryl methyl sites for hydroxylation is 1. The zero-order valence-corrected chi connectivity index (χ0v) is 13.5. The molecule has 2 rings (SSSR count). The van der Waals surface area contributed by atoms with Gasteiger partial charge in [0.25, 0.3) is 0 Å². The number of para-hydroxylation sites is 1. The number of benzene rings is 1. The molecule has 1 heterocycles. The highest BCUT2D eigenvalue weighted by Gasteiger charge is 2.09. The van der Waals surface area contributed by atoms with E-state index in [1.54, 1.807) is 31.4 Å². The summed E-state index contributed by atoms with van der Waals surface area (Å²) in [5.74, 6) is 0.761. The highest BCUT2D eigenvalue weighted by Crippen LogP contribution is 2.19. The van der Waals surface area contributed by atoms with Gasteiger partial charge in [-0.3, -0.25) is 9.67 Å². The molecule has 0 bridgehead atoms. The monoisotopic (exact) mass is 337 g/mol. The zero-order chi connectivity index (χ0) is 17.2. The highest BCUT2D eigenvalue weighted by molar-refractivity contribution is 5.79. The summed E-state index contributed by atoms with van der Waals surface area (Å²) in [6.45, 7) is -0.982. The summed E-state index contributed by atoms with van der Waals surface area (Å²) in [7, 11) is 1.66. The van der Waals surface area contributed by atoms with Gasteiger partial charge in [0.05, 0.1) is 0 Å². The van der Waals surface area contributed by atoms with Crippen molar-refractivity contribution in [1.29, 1.82) is 0 Å². The highest BCUT2D eigenvalue weighted by atomic mass is 19.3. The van der Waals surface area contributed by atoms with Gasteiger partial charge >= 0.3 is 6.61 Å². The van der Waals surface area contributed by atoms with Crippen LogP contribution in [0.5, 0.6) is 5.75 Å². The third-order valence-electron chi connectivity index (χ3n) is 3.27. The van der Waals surface area contributed by atoms with E-state index in [-0.39, 0.29) is 5.75 Å². The van der Waals surface area contributed by atoms with Gasteiger partial charge in [-0.2, -0.15) is 13.9 Å². The van der Waals surface area contributed by atoms with E-state index in [2.05, 4.69) is 25.5 Å². The predicted molar refractivity (Wildman–Crippen MR) is 88.1 cm³/mol. The Balaban J connectivity index is 1.77. The van der Waals surface area contributed by atoms with E-state index in [9.17, 15) is 8.78 Å². The van der Waals surface area contributed by atoms with E-state index in [0.29, 0.717) is 24.6 Å². The minimum atomic E-state index is -2.84. The van der Waals surface area contributed by atoms with Crippen LogP contribution in [0.2, 0.25) is 0 Å². The molecule has 0 spiro atoms. The average Bonchev–Trinajstić information content (AvgIpc) is 3.08. The summed E-state index contributed by atoms with van der Waals surface area (Å²) in [6, 6.07) is 8.56. The molecule has 0 unspecified atom stereocenters. The maximum Gasteiger partial charge on any atom is 0.387 e. The Hall–Kier alpha value is -2.64. The molecular formula is C16H21F2N5O. The Morgan fingerprint density at radius 3 is 2.83 bits per heavy atom. The van der Waals surface area contributed by atoms with Crippen LogP contribution in [0.25, 0.3) is 0 Å². The number of hydrogen-bond donors (Lipinski definition) is 2. The quantitative estimate of drug-likeness (QED) is 0.441. The van der Waals surface area contributed by atoms with Crippen molar-refractivity contribution in [2.75, 3.05) is 13.6 Å². The van der Waals surface area contributed by atoms with Gasteiger partial charge in [0.15, 0.2) is 5.96 Å². The fraction of sp³-hybridized carbons (Fsp3) is 0.375. The van der Waals surface area contributed by atoms with E-state index < -0.39 is 6.61 Å². The van der Waals surface area contributed by atoms with Crippen molar-refractivity contribution in [2.24, 2.45) is 4.99 Å². The molecule has 1 aromatic heterocycles. The Labute approximate surface area is 139 Å². The Bertz CT molecular complexity index is 631. The summed E-state index contributed by atoms with van der Waals surface area (Å²) in [4.78, 5) is 4.11. The van der Waals surface area contributed by atoms with Crippen molar-refractivity contribution in [2.45, 2.75) is 26.1 Å². The first-order valence-corrected chi connectivity index (χ1v) is 7.63. The molecule has 0 radical (unpaired) electrons. The van der Waals surface area contributed by atoms with Crippen LogP contribution in [0.15, 0.2) is 47.7 Å². The Morgan fingerprint density at radius 2 is 2.12 bits per heavy atom. The summed E-state index contributed by atoms with van der Waals surface area (Å²) < 4.78 is 31.2. The molecule has 6 nitrogen and oxygen atoms in total. The lowest BCUT2D eigenvalue weighted by molar-refractivity contribution is -0.0504. The van der Waals surface area contributed by atoms with Crippen molar-refractivity contribution in [3.63, 3.8) is 0 Å². The second-order valence-corrected chi connectivity index (χ2v) is 4.96. The number of rotatable bonds is 8. The maximum atomic E-state index is 12.4. The summed E-state index contributed by atoms with van der Waals surface area (Å²) in [5, 5.41) is 10.4. The smallest absolute Gasteiger partial charge is 0.387 e. The fourth-order valence-corrected chi connectivity index (χ4v) is 2.14. The van der Waals surface area contributed by atoms with Crippen molar-refractivity contribution >= 4 is 5.96 Å². The van der Waals surface area contributed by atoms with E-state index in [1.165, 1.54) is 6.07 Å². The van der Waals surface area contributed by atoms with Crippen LogP contribution in [0.3, 0.4) is 0 Å². The number of halogens is 2. The van der Waals surface area contributed by atoms with E-state index in [1.807, 2.05) is 16.9 Å². The second kappa shape index (κ2) is 9.49. The standard InChI is InChI=1S/C16H21F2N5O/c1-19-16(20-8-4-10-23-11-5-9-22-23)21-12-13-6-2-3-7-14(13)24-15(17)18/h2-3,5-7,9,11,15H,4,8,10,12H2,1H3,(H2,19,20,21). The van der Waals surface area contributed by atoms with Crippen LogP contribution >= 0.6 is 0 Å². The molecule has 1 aromatic carbocycles. The van der Waals surface area contributed by atoms with Gasteiger partial charge < -0.3 is 15.4 Å². The van der Waals surface area contributed by atoms with Crippen molar-refractivity contribution in [1.82, 2.24) is 20.4 Å². The predicted octanol–water partition coefficient (Wildman–Crippen LogP) is 2.24. The third kappa shape index (κ3) is 5.86. The molecule has 0 saturated carbocycles. The largest absolute Gasteiger partial charge is 0.434 e. The molecule has 130 valence electrons. The Morgan fingerprint density at radius 1 is 1.29 bits per heavy atom. The number of guanidine groups is 1. The summed E-state index contributed by atoms with van der Waals surface area (Å²) in [6.07, 6.45) is 4.54. The van der Waals surface area contributed by atoms with E-state index in [4.69, 9.17) is 0 Å². The van der Waals surface area contributed by atoms with E-state index in [0.717, 1.165) is 13.0 Å². The van der Waals surface area contributed by atoms with Crippen LogP contribution in [-0.2, 0) is 13.1 Å². The molecule has 0 amide bonds. The molecule has 0 atom stereocenters. The number of nitrogens with one attached hydrogen (secondary N) is 2. The van der Waals surface area contributed by atoms with Gasteiger partial charge in [0, 0.05) is 44.6 Å². The molecule has 2 aromatic rings. The number of ether oxygens (including phenoxy) is 1. The molecule has 2 N–H and O–H groups in total. The van der Waals surface area contributed by atoms with Gasteiger partial charge in [0.1, 0.15) is 5.75 Å². The van der Waals surface area contributed by atoms with Crippen LogP contribution in [0, 0.1) is 0 Å². The minimum Gasteiger partial charge on any atom is -0.434 e. The minimum absolute atomic E-state index is 0.161. The molecule has 24 heavy (non-hydrogen) atoms. The number of hydrogen-bond acceptors (Lipinski definition) is 3. The van der Waals surface area contributed by atoms with Crippen LogP contribution in [-0.4, -0.2) is 35.9 Å². The first-order chi connectivity index (χ1) is 11.7. The summed E-state index contributed by atoms with van der Waals surface area (Å²) >= 11 is 0. The summed E-state index contributed by atoms with van der Waals surface area (Å²) in [5.41, 5.74) is 0.636. The topological polar surface area (TPSA) is 63.5 Å². The van der Waals surface area contributed by atoms with Crippen LogP contribution < -0.4 is 15.4 Å². The zero-order valence-electron chi connectivity index (χ0n) is 13.5. The molecular weight excluding hydrogens is 316 g/mol. The molecule has 0 aliphatic heterocycles. The van der Waals surface area contributed by atoms with Crippen molar-refractivity contribution in [3.05, 3.63) is 48.3 Å². The first kappa shape index (κ1) is 17.7. The molecule has 8 heteroatoms. The van der Waals surface area contributed by atoms with Gasteiger partial charge in [-0.05, 0) is 18.6 Å². The third-order valence-corrected chi connectivity index (χ3v) is 3.27. The molecule has 0 fully saturated rings. The van der Waals surface area contributed by atoms with Gasteiger partial charge in [0.2, 0.25) is 0 Å². The van der Waals surface area contributed by atoms with Gasteiger partial charge in [-0.25, -0.2) is 0 Å². The lowest BCUT2D eigenvalue weighted by Gasteiger charge is -2.14. The fourth-order valence-electron chi connectivity index (χ4n) is 2.14. The molecule has 0 aliphatic carbocycles. The normalized spacial score (nSPS) is 11.6.